The summed E-state index contributed by atoms with van der Waals surface area (Å²) < 4.78 is 23.4. The number of sulfone groups is 1. The summed E-state index contributed by atoms with van der Waals surface area (Å²) in [5.41, 5.74) is 1.83. The zero-order valence-corrected chi connectivity index (χ0v) is 22.6. The maximum atomic E-state index is 13.4. The zero-order chi connectivity index (χ0) is 25.8. The zero-order valence-electron chi connectivity index (χ0n) is 21.8. The molecule has 2 aromatic rings. The van der Waals surface area contributed by atoms with Crippen LogP contribution < -0.4 is 5.32 Å². The number of rotatable bonds is 10. The van der Waals surface area contributed by atoms with Crippen LogP contribution in [0.2, 0.25) is 0 Å². The van der Waals surface area contributed by atoms with E-state index in [1.54, 1.807) is 12.1 Å². The van der Waals surface area contributed by atoms with Crippen LogP contribution in [0, 0.1) is 11.3 Å². The van der Waals surface area contributed by atoms with Crippen molar-refractivity contribution in [3.63, 3.8) is 0 Å². The molecule has 2 fully saturated rings. The third-order valence-electron chi connectivity index (χ3n) is 7.69. The minimum atomic E-state index is -3.21. The molecule has 1 spiro atoms. The highest BCUT2D eigenvalue weighted by Gasteiger charge is 2.47. The number of benzene rings is 1. The van der Waals surface area contributed by atoms with Gasteiger partial charge in [0.2, 0.25) is 5.91 Å². The van der Waals surface area contributed by atoms with Crippen LogP contribution in [0.5, 0.6) is 0 Å². The first-order valence-corrected chi connectivity index (χ1v) is 15.0. The second kappa shape index (κ2) is 11.4. The summed E-state index contributed by atoms with van der Waals surface area (Å²) in [6.45, 7) is 9.61. The van der Waals surface area contributed by atoms with Gasteiger partial charge in [0.15, 0.2) is 9.84 Å². The average molecular weight is 513 g/mol. The molecular weight excluding hydrogens is 472 g/mol. The lowest BCUT2D eigenvalue weighted by atomic mass is 9.77. The molecule has 3 heterocycles. The fourth-order valence-electron chi connectivity index (χ4n) is 5.40. The minimum absolute atomic E-state index is 0.237. The van der Waals surface area contributed by atoms with E-state index in [0.29, 0.717) is 17.4 Å². The Balaban J connectivity index is 1.29. The van der Waals surface area contributed by atoms with Crippen LogP contribution in [0.4, 0.5) is 0 Å². The number of nitrogens with zero attached hydrogens (tertiary/aromatic N) is 3. The predicted molar refractivity (Wildman–Crippen MR) is 142 cm³/mol. The number of hydrogen-bond donors (Lipinski definition) is 1. The smallest absolute Gasteiger partial charge is 0.229 e. The van der Waals surface area contributed by atoms with Gasteiger partial charge in [-0.15, -0.1) is 0 Å². The van der Waals surface area contributed by atoms with Crippen molar-refractivity contribution in [2.75, 3.05) is 39.0 Å². The first-order chi connectivity index (χ1) is 17.2. The standard InChI is InChI=1S/C28H40N4O3S/c1-22(2)20-30-26(25-6-4-5-15-29-25)11-16-31-17-12-28(13-18-31)14-19-32(27(28)33)21-23-7-9-24(10-8-23)36(3,34)35/h4-10,15,22,26,30H,11-14,16-21H2,1-3H3. The van der Waals surface area contributed by atoms with E-state index in [9.17, 15) is 13.2 Å². The van der Waals surface area contributed by atoms with Gasteiger partial charge >= 0.3 is 0 Å². The van der Waals surface area contributed by atoms with E-state index >= 15 is 0 Å². The quantitative estimate of drug-likeness (QED) is 0.523. The number of carbonyl (C=O) groups is 1. The lowest BCUT2D eigenvalue weighted by Gasteiger charge is -2.38. The fourth-order valence-corrected chi connectivity index (χ4v) is 6.03. The Morgan fingerprint density at radius 3 is 2.33 bits per heavy atom. The summed E-state index contributed by atoms with van der Waals surface area (Å²) in [6.07, 6.45) is 6.80. The van der Waals surface area contributed by atoms with Crippen LogP contribution in [-0.4, -0.2) is 68.1 Å². The van der Waals surface area contributed by atoms with Gasteiger partial charge in [0.25, 0.3) is 0 Å². The van der Waals surface area contributed by atoms with Crippen molar-refractivity contribution in [1.82, 2.24) is 20.1 Å². The summed E-state index contributed by atoms with van der Waals surface area (Å²) in [7, 11) is -3.21. The molecule has 1 amide bonds. The van der Waals surface area contributed by atoms with Crippen LogP contribution in [0.15, 0.2) is 53.6 Å². The van der Waals surface area contributed by atoms with Crippen LogP contribution >= 0.6 is 0 Å². The summed E-state index contributed by atoms with van der Waals surface area (Å²) in [6, 6.07) is 13.3. The molecule has 7 nitrogen and oxygen atoms in total. The molecule has 0 saturated carbocycles. The number of amides is 1. The Morgan fingerprint density at radius 1 is 1.03 bits per heavy atom. The highest BCUT2D eigenvalue weighted by atomic mass is 32.2. The molecule has 1 aromatic carbocycles. The van der Waals surface area contributed by atoms with Crippen molar-refractivity contribution >= 4 is 15.7 Å². The third kappa shape index (κ3) is 6.52. The van der Waals surface area contributed by atoms with Gasteiger partial charge < -0.3 is 15.1 Å². The number of carbonyl (C=O) groups excluding carboxylic acids is 1. The Kier molecular flexibility index (Phi) is 8.48. The lowest BCUT2D eigenvalue weighted by Crippen LogP contribution is -2.45. The van der Waals surface area contributed by atoms with Gasteiger partial charge in [-0.2, -0.15) is 0 Å². The number of nitrogens with one attached hydrogen (secondary N) is 1. The Hall–Kier alpha value is -2.29. The van der Waals surface area contributed by atoms with Gasteiger partial charge in [0.05, 0.1) is 22.0 Å². The summed E-state index contributed by atoms with van der Waals surface area (Å²) >= 11 is 0. The lowest BCUT2D eigenvalue weighted by molar-refractivity contribution is -0.138. The molecular formula is C28H40N4O3S. The Bertz CT molecular complexity index is 1110. The maximum Gasteiger partial charge on any atom is 0.229 e. The topological polar surface area (TPSA) is 82.6 Å². The molecule has 2 aliphatic rings. The Morgan fingerprint density at radius 2 is 1.72 bits per heavy atom. The van der Waals surface area contributed by atoms with Crippen LogP contribution in [0.3, 0.4) is 0 Å². The predicted octanol–water partition coefficient (Wildman–Crippen LogP) is 3.68. The Labute approximate surface area is 216 Å². The molecule has 1 atom stereocenters. The van der Waals surface area contributed by atoms with E-state index in [0.717, 1.165) is 69.7 Å². The summed E-state index contributed by atoms with van der Waals surface area (Å²) in [5.74, 6) is 0.847. The second-order valence-electron chi connectivity index (χ2n) is 10.9. The molecule has 0 radical (unpaired) electrons. The van der Waals surface area contributed by atoms with Crippen molar-refractivity contribution in [1.29, 1.82) is 0 Å². The molecule has 2 saturated heterocycles. The van der Waals surface area contributed by atoms with Crippen molar-refractivity contribution in [3.8, 4) is 0 Å². The number of piperidine rings is 1. The molecule has 1 aromatic heterocycles. The van der Waals surface area contributed by atoms with Gasteiger partial charge in [-0.3, -0.25) is 9.78 Å². The minimum Gasteiger partial charge on any atom is -0.338 e. The first kappa shape index (κ1) is 26.8. The molecule has 4 rings (SSSR count). The van der Waals surface area contributed by atoms with Crippen LogP contribution in [-0.2, 0) is 21.2 Å². The van der Waals surface area contributed by atoms with E-state index in [1.165, 1.54) is 6.26 Å². The molecule has 1 N–H and O–H groups in total. The first-order valence-electron chi connectivity index (χ1n) is 13.1. The molecule has 2 aliphatic heterocycles. The largest absolute Gasteiger partial charge is 0.338 e. The number of pyridine rings is 1. The SMILES string of the molecule is CC(C)CNC(CCN1CCC2(CC1)CCN(Cc1ccc(S(C)(=O)=O)cc1)C2=O)c1ccccn1. The van der Waals surface area contributed by atoms with Gasteiger partial charge in [-0.1, -0.05) is 32.0 Å². The molecule has 36 heavy (non-hydrogen) atoms. The van der Waals surface area contributed by atoms with E-state index < -0.39 is 9.84 Å². The van der Waals surface area contributed by atoms with Gasteiger partial charge in [0.1, 0.15) is 0 Å². The van der Waals surface area contributed by atoms with E-state index in [2.05, 4.69) is 41.2 Å². The monoisotopic (exact) mass is 512 g/mol. The second-order valence-corrected chi connectivity index (χ2v) is 12.9. The normalized spacial score (nSPS) is 19.3. The summed E-state index contributed by atoms with van der Waals surface area (Å²) in [5, 5.41) is 3.69. The van der Waals surface area contributed by atoms with Crippen molar-refractivity contribution < 1.29 is 13.2 Å². The van der Waals surface area contributed by atoms with Crippen molar-refractivity contribution in [2.45, 2.75) is 57.0 Å². The fraction of sp³-hybridized carbons (Fsp3) is 0.571. The highest BCUT2D eigenvalue weighted by molar-refractivity contribution is 7.90. The van der Waals surface area contributed by atoms with Crippen LogP contribution in [0.25, 0.3) is 0 Å². The van der Waals surface area contributed by atoms with Crippen molar-refractivity contribution in [3.05, 3.63) is 59.9 Å². The number of hydrogen-bond acceptors (Lipinski definition) is 6. The maximum absolute atomic E-state index is 13.4. The molecule has 8 heteroatoms. The van der Waals surface area contributed by atoms with Crippen molar-refractivity contribution in [2.24, 2.45) is 11.3 Å². The number of aromatic nitrogens is 1. The van der Waals surface area contributed by atoms with E-state index in [1.807, 2.05) is 29.3 Å². The summed E-state index contributed by atoms with van der Waals surface area (Å²) in [4.78, 5) is 22.8. The third-order valence-corrected chi connectivity index (χ3v) is 8.82. The van der Waals surface area contributed by atoms with Crippen LogP contribution in [0.1, 0.15) is 56.8 Å². The highest BCUT2D eigenvalue weighted by Crippen LogP contribution is 2.42. The van der Waals surface area contributed by atoms with E-state index in [4.69, 9.17) is 0 Å². The van der Waals surface area contributed by atoms with E-state index in [-0.39, 0.29) is 17.4 Å². The van der Waals surface area contributed by atoms with Gasteiger partial charge in [-0.05, 0) is 81.1 Å². The molecule has 196 valence electrons. The average Bonchev–Trinajstić information content (AvgIpc) is 3.15. The molecule has 0 bridgehead atoms. The van der Waals surface area contributed by atoms with Gasteiger partial charge in [0, 0.05) is 32.1 Å². The number of likely N-dealkylation sites (tertiary alicyclic amines) is 2. The van der Waals surface area contributed by atoms with Gasteiger partial charge in [-0.25, -0.2) is 8.42 Å². The molecule has 0 aliphatic carbocycles. The molecule has 1 unspecified atom stereocenters.